The Morgan fingerprint density at radius 2 is 1.86 bits per heavy atom. The molecule has 2 amide bonds. The first-order valence-electron chi connectivity index (χ1n) is 7.27. The Hall–Kier alpha value is -1.95. The Bertz CT molecular complexity index is 514. The fourth-order valence-corrected chi connectivity index (χ4v) is 2.46. The summed E-state index contributed by atoms with van der Waals surface area (Å²) in [6.45, 7) is 5.58. The van der Waals surface area contributed by atoms with Crippen molar-refractivity contribution in [1.29, 1.82) is 0 Å². The Morgan fingerprint density at radius 3 is 2.62 bits per heavy atom. The van der Waals surface area contributed by atoms with Gasteiger partial charge in [0, 0.05) is 13.1 Å². The molecule has 6 heteroatoms. The van der Waals surface area contributed by atoms with E-state index in [9.17, 15) is 4.79 Å². The number of ether oxygens (including phenoxy) is 3. The molecule has 1 aromatic rings. The molecular formula is C15H20N2O4. The molecule has 0 aliphatic carbocycles. The summed E-state index contributed by atoms with van der Waals surface area (Å²) >= 11 is 0. The van der Waals surface area contributed by atoms with Gasteiger partial charge in [-0.15, -0.1) is 0 Å². The minimum Gasteiger partial charge on any atom is -0.486 e. The van der Waals surface area contributed by atoms with Crippen LogP contribution in [0.4, 0.5) is 4.79 Å². The molecule has 1 unspecified atom stereocenters. The quantitative estimate of drug-likeness (QED) is 0.898. The molecule has 3 rings (SSSR count). The van der Waals surface area contributed by atoms with Crippen LogP contribution >= 0.6 is 0 Å². The lowest BCUT2D eigenvalue weighted by Gasteiger charge is -2.28. The van der Waals surface area contributed by atoms with Crippen molar-refractivity contribution in [2.24, 2.45) is 0 Å². The standard InChI is InChI=1S/C15H20N2O4/c1-11(16-15(18)17-4-6-19-7-5-17)12-2-3-13-14(10-12)21-9-8-20-13/h2-3,10-11H,4-9H2,1H3,(H,16,18). The average molecular weight is 292 g/mol. The van der Waals surface area contributed by atoms with Crippen LogP contribution in [0.25, 0.3) is 0 Å². The summed E-state index contributed by atoms with van der Waals surface area (Å²) < 4.78 is 16.3. The largest absolute Gasteiger partial charge is 0.486 e. The van der Waals surface area contributed by atoms with Crippen molar-refractivity contribution in [3.05, 3.63) is 23.8 Å². The van der Waals surface area contributed by atoms with E-state index in [1.807, 2.05) is 25.1 Å². The minimum absolute atomic E-state index is 0.0549. The number of urea groups is 1. The van der Waals surface area contributed by atoms with Crippen LogP contribution < -0.4 is 14.8 Å². The molecule has 6 nitrogen and oxygen atoms in total. The Balaban J connectivity index is 1.64. The van der Waals surface area contributed by atoms with Gasteiger partial charge in [0.2, 0.25) is 0 Å². The van der Waals surface area contributed by atoms with Crippen LogP contribution in [-0.2, 0) is 4.74 Å². The highest BCUT2D eigenvalue weighted by Gasteiger charge is 2.20. The molecule has 0 saturated carbocycles. The highest BCUT2D eigenvalue weighted by molar-refractivity contribution is 5.74. The summed E-state index contributed by atoms with van der Waals surface area (Å²) in [7, 11) is 0. The third kappa shape index (κ3) is 3.21. The molecule has 114 valence electrons. The average Bonchev–Trinajstić information content (AvgIpc) is 2.55. The molecule has 0 spiro atoms. The molecule has 2 aliphatic rings. The van der Waals surface area contributed by atoms with E-state index in [1.165, 1.54) is 0 Å². The van der Waals surface area contributed by atoms with Crippen LogP contribution in [0.3, 0.4) is 0 Å². The second kappa shape index (κ2) is 6.22. The normalized spacial score (nSPS) is 19.0. The summed E-state index contributed by atoms with van der Waals surface area (Å²) in [5.74, 6) is 1.50. The van der Waals surface area contributed by atoms with Crippen molar-refractivity contribution in [3.8, 4) is 11.5 Å². The van der Waals surface area contributed by atoms with Gasteiger partial charge in [-0.1, -0.05) is 6.07 Å². The fraction of sp³-hybridized carbons (Fsp3) is 0.533. The zero-order valence-electron chi connectivity index (χ0n) is 12.1. The zero-order chi connectivity index (χ0) is 14.7. The van der Waals surface area contributed by atoms with E-state index in [4.69, 9.17) is 14.2 Å². The number of hydrogen-bond acceptors (Lipinski definition) is 4. The van der Waals surface area contributed by atoms with E-state index in [-0.39, 0.29) is 12.1 Å². The van der Waals surface area contributed by atoms with Crippen molar-refractivity contribution in [1.82, 2.24) is 10.2 Å². The Labute approximate surface area is 124 Å². The van der Waals surface area contributed by atoms with Crippen LogP contribution in [0, 0.1) is 0 Å². The first-order chi connectivity index (χ1) is 10.2. The van der Waals surface area contributed by atoms with E-state index < -0.39 is 0 Å². The first-order valence-corrected chi connectivity index (χ1v) is 7.27. The van der Waals surface area contributed by atoms with Gasteiger partial charge in [0.15, 0.2) is 11.5 Å². The van der Waals surface area contributed by atoms with E-state index in [0.29, 0.717) is 39.5 Å². The number of carbonyl (C=O) groups excluding carboxylic acids is 1. The molecule has 0 bridgehead atoms. The predicted octanol–water partition coefficient (Wildman–Crippen LogP) is 1.56. The lowest BCUT2D eigenvalue weighted by molar-refractivity contribution is 0.0526. The van der Waals surface area contributed by atoms with Gasteiger partial charge in [0.05, 0.1) is 19.3 Å². The predicted molar refractivity (Wildman–Crippen MR) is 76.8 cm³/mol. The van der Waals surface area contributed by atoms with Crippen LogP contribution in [0.1, 0.15) is 18.5 Å². The summed E-state index contributed by atoms with van der Waals surface area (Å²) in [5, 5.41) is 3.01. The molecule has 2 heterocycles. The topological polar surface area (TPSA) is 60.0 Å². The van der Waals surface area contributed by atoms with Gasteiger partial charge in [0.25, 0.3) is 0 Å². The molecule has 1 N–H and O–H groups in total. The Kier molecular flexibility index (Phi) is 4.15. The number of nitrogens with zero attached hydrogens (tertiary/aromatic N) is 1. The summed E-state index contributed by atoms with van der Waals surface area (Å²) in [6, 6.07) is 5.63. The van der Waals surface area contributed by atoms with Gasteiger partial charge >= 0.3 is 6.03 Å². The van der Waals surface area contributed by atoms with E-state index in [2.05, 4.69) is 5.32 Å². The minimum atomic E-state index is -0.0869. The number of rotatable bonds is 2. The van der Waals surface area contributed by atoms with Crippen molar-refractivity contribution >= 4 is 6.03 Å². The van der Waals surface area contributed by atoms with Gasteiger partial charge in [-0.2, -0.15) is 0 Å². The molecular weight excluding hydrogens is 272 g/mol. The van der Waals surface area contributed by atoms with Crippen molar-refractivity contribution in [2.45, 2.75) is 13.0 Å². The molecule has 0 radical (unpaired) electrons. The highest BCUT2D eigenvalue weighted by Crippen LogP contribution is 2.32. The highest BCUT2D eigenvalue weighted by atomic mass is 16.6. The lowest BCUT2D eigenvalue weighted by Crippen LogP contribution is -2.46. The van der Waals surface area contributed by atoms with Crippen LogP contribution in [-0.4, -0.2) is 50.4 Å². The summed E-state index contributed by atoms with van der Waals surface area (Å²) in [4.78, 5) is 13.9. The SMILES string of the molecule is CC(NC(=O)N1CCOCC1)c1ccc2c(c1)OCCO2. The smallest absolute Gasteiger partial charge is 0.318 e. The van der Waals surface area contributed by atoms with E-state index in [0.717, 1.165) is 17.1 Å². The summed E-state index contributed by atoms with van der Waals surface area (Å²) in [5.41, 5.74) is 1.00. The zero-order valence-corrected chi connectivity index (χ0v) is 12.1. The number of morpholine rings is 1. The second-order valence-electron chi connectivity index (χ2n) is 5.17. The summed E-state index contributed by atoms with van der Waals surface area (Å²) in [6.07, 6.45) is 0. The van der Waals surface area contributed by atoms with Gasteiger partial charge < -0.3 is 24.4 Å². The monoisotopic (exact) mass is 292 g/mol. The van der Waals surface area contributed by atoms with Crippen LogP contribution in [0.2, 0.25) is 0 Å². The maximum absolute atomic E-state index is 12.2. The van der Waals surface area contributed by atoms with Crippen molar-refractivity contribution < 1.29 is 19.0 Å². The molecule has 1 fully saturated rings. The van der Waals surface area contributed by atoms with Crippen molar-refractivity contribution in [2.75, 3.05) is 39.5 Å². The van der Waals surface area contributed by atoms with Gasteiger partial charge in [-0.05, 0) is 24.6 Å². The number of amides is 2. The van der Waals surface area contributed by atoms with Gasteiger partial charge in [-0.3, -0.25) is 0 Å². The van der Waals surface area contributed by atoms with Crippen LogP contribution in [0.5, 0.6) is 11.5 Å². The number of carbonyl (C=O) groups is 1. The van der Waals surface area contributed by atoms with Crippen LogP contribution in [0.15, 0.2) is 18.2 Å². The molecule has 1 aromatic carbocycles. The number of hydrogen-bond donors (Lipinski definition) is 1. The molecule has 21 heavy (non-hydrogen) atoms. The Morgan fingerprint density at radius 1 is 1.14 bits per heavy atom. The van der Waals surface area contributed by atoms with Gasteiger partial charge in [0.1, 0.15) is 13.2 Å². The molecule has 1 saturated heterocycles. The lowest BCUT2D eigenvalue weighted by atomic mass is 10.1. The van der Waals surface area contributed by atoms with Crippen molar-refractivity contribution in [3.63, 3.8) is 0 Å². The van der Waals surface area contributed by atoms with Gasteiger partial charge in [-0.25, -0.2) is 4.79 Å². The maximum atomic E-state index is 12.2. The molecule has 2 aliphatic heterocycles. The second-order valence-corrected chi connectivity index (χ2v) is 5.17. The number of nitrogens with one attached hydrogen (secondary N) is 1. The molecule has 0 aromatic heterocycles. The third-order valence-corrected chi connectivity index (χ3v) is 3.70. The number of benzene rings is 1. The maximum Gasteiger partial charge on any atom is 0.318 e. The number of fused-ring (bicyclic) bond motifs is 1. The van der Waals surface area contributed by atoms with E-state index in [1.54, 1.807) is 4.90 Å². The first kappa shape index (κ1) is 14.0. The van der Waals surface area contributed by atoms with E-state index >= 15 is 0 Å². The third-order valence-electron chi connectivity index (χ3n) is 3.70. The molecule has 1 atom stereocenters. The fourth-order valence-electron chi connectivity index (χ4n) is 2.46.